The van der Waals surface area contributed by atoms with E-state index in [1.807, 2.05) is 30.3 Å². The Kier molecular flexibility index (Phi) is 4.54. The van der Waals surface area contributed by atoms with Gasteiger partial charge in [0.2, 0.25) is 0 Å². The number of likely N-dealkylation sites (N-methyl/N-ethyl adjacent to an activating group) is 1. The first-order valence-electron chi connectivity index (χ1n) is 7.89. The third-order valence-corrected chi connectivity index (χ3v) is 5.42. The van der Waals surface area contributed by atoms with E-state index in [2.05, 4.69) is 15.9 Å². The molecule has 0 heterocycles. The maximum Gasteiger partial charge on any atom is 0.254 e. The van der Waals surface area contributed by atoms with E-state index >= 15 is 0 Å². The van der Waals surface area contributed by atoms with Gasteiger partial charge in [0.1, 0.15) is 12.1 Å². The molecule has 0 bridgehead atoms. The topological polar surface area (TPSA) is 54.5 Å². The maximum atomic E-state index is 13.0. The monoisotopic (exact) mass is 387 g/mol. The van der Waals surface area contributed by atoms with Crippen LogP contribution in [-0.2, 0) is 19.9 Å². The van der Waals surface area contributed by atoms with Crippen molar-refractivity contribution in [1.29, 1.82) is 0 Å². The summed E-state index contributed by atoms with van der Waals surface area (Å²) in [5.74, 6) is -0.0650. The molecule has 1 amide bonds. The molecule has 0 unspecified atom stereocenters. The summed E-state index contributed by atoms with van der Waals surface area (Å²) in [5, 5.41) is 0. The summed E-state index contributed by atoms with van der Waals surface area (Å²) < 4.78 is 0.946. The van der Waals surface area contributed by atoms with Crippen LogP contribution in [0.1, 0.15) is 31.2 Å². The average Bonchev–Trinajstić information content (AvgIpc) is 2.58. The molecule has 0 atom stereocenters. The molecule has 1 aromatic carbocycles. The normalized spacial score (nSPS) is 19.0. The number of ketones is 1. The van der Waals surface area contributed by atoms with Crippen LogP contribution in [0.2, 0.25) is 0 Å². The minimum absolute atomic E-state index is 0.140. The summed E-state index contributed by atoms with van der Waals surface area (Å²) in [6, 6.07) is 7.70. The number of carbonyl (C=O) groups excluding carboxylic acids is 3. The Balaban J connectivity index is 1.97. The van der Waals surface area contributed by atoms with Crippen molar-refractivity contribution in [3.8, 4) is 0 Å². The molecule has 24 heavy (non-hydrogen) atoms. The van der Waals surface area contributed by atoms with Gasteiger partial charge in [-0.15, -0.1) is 0 Å². The molecule has 0 N–H and O–H groups in total. The Hall–Kier alpha value is -2.01. The fourth-order valence-electron chi connectivity index (χ4n) is 3.38. The van der Waals surface area contributed by atoms with Crippen molar-refractivity contribution in [2.45, 2.75) is 31.2 Å². The molecule has 2 aliphatic carbocycles. The highest BCUT2D eigenvalue weighted by Crippen LogP contribution is 2.44. The number of hydrogen-bond acceptors (Lipinski definition) is 3. The van der Waals surface area contributed by atoms with E-state index in [-0.39, 0.29) is 11.7 Å². The molecular formula is C19H18BrNO3. The Bertz CT molecular complexity index is 753. The van der Waals surface area contributed by atoms with Crippen LogP contribution >= 0.6 is 15.9 Å². The first-order chi connectivity index (χ1) is 11.5. The molecule has 0 aliphatic heterocycles. The highest BCUT2D eigenvalue weighted by molar-refractivity contribution is 9.10. The number of allylic oxidation sites excluding steroid dienone is 2. The van der Waals surface area contributed by atoms with Crippen LogP contribution in [-0.4, -0.2) is 29.9 Å². The molecule has 0 radical (unpaired) electrons. The number of rotatable bonds is 4. The Morgan fingerprint density at radius 1 is 1.25 bits per heavy atom. The molecule has 1 fully saturated rings. The van der Waals surface area contributed by atoms with E-state index in [9.17, 15) is 14.4 Å². The highest BCUT2D eigenvalue weighted by atomic mass is 79.9. The second kappa shape index (κ2) is 6.48. The lowest BCUT2D eigenvalue weighted by Crippen LogP contribution is -2.56. The van der Waals surface area contributed by atoms with Crippen molar-refractivity contribution < 1.29 is 14.4 Å². The summed E-state index contributed by atoms with van der Waals surface area (Å²) in [6.07, 6.45) is 6.37. The average molecular weight is 388 g/mol. The number of hydrogen-bond donors (Lipinski definition) is 0. The number of benzene rings is 1. The first kappa shape index (κ1) is 16.8. The van der Waals surface area contributed by atoms with Gasteiger partial charge in [-0.3, -0.25) is 14.4 Å². The number of aldehydes is 1. The zero-order valence-electron chi connectivity index (χ0n) is 13.4. The third kappa shape index (κ3) is 2.77. The van der Waals surface area contributed by atoms with Gasteiger partial charge in [0.25, 0.3) is 5.91 Å². The van der Waals surface area contributed by atoms with E-state index in [1.165, 1.54) is 0 Å². The van der Waals surface area contributed by atoms with E-state index in [0.29, 0.717) is 30.4 Å². The van der Waals surface area contributed by atoms with Crippen LogP contribution in [0.5, 0.6) is 0 Å². The van der Waals surface area contributed by atoms with Crippen LogP contribution in [0.4, 0.5) is 0 Å². The third-order valence-electron chi connectivity index (χ3n) is 4.89. The molecule has 1 aromatic rings. The second-order valence-electron chi connectivity index (χ2n) is 6.29. The van der Waals surface area contributed by atoms with E-state index in [1.54, 1.807) is 18.0 Å². The zero-order chi connectivity index (χ0) is 17.3. The summed E-state index contributed by atoms with van der Waals surface area (Å²) in [6.45, 7) is 0. The van der Waals surface area contributed by atoms with Crippen LogP contribution in [0.3, 0.4) is 0 Å². The van der Waals surface area contributed by atoms with E-state index < -0.39 is 5.54 Å². The predicted octanol–water partition coefficient (Wildman–Crippen LogP) is 3.31. The highest BCUT2D eigenvalue weighted by Gasteiger charge is 2.50. The van der Waals surface area contributed by atoms with E-state index in [4.69, 9.17) is 0 Å². The van der Waals surface area contributed by atoms with Gasteiger partial charge in [-0.2, -0.15) is 0 Å². The molecule has 1 saturated carbocycles. The van der Waals surface area contributed by atoms with Crippen LogP contribution in [0, 0.1) is 0 Å². The molecule has 3 rings (SSSR count). The molecular weight excluding hydrogens is 370 g/mol. The molecule has 0 spiro atoms. The Morgan fingerprint density at radius 3 is 2.50 bits per heavy atom. The standard InChI is InChI=1S/C19H18BrNO3/c1-21(18(24)17-5-3-2-4-13(17)12-22)19(10-16(23)11-19)14-6-8-15(20)9-7-14/h3,5-9,12H,2,4,10-11H2,1H3. The van der Waals surface area contributed by atoms with Gasteiger partial charge in [0.05, 0.1) is 5.54 Å². The van der Waals surface area contributed by atoms with Crippen molar-refractivity contribution >= 4 is 33.9 Å². The minimum atomic E-state index is -0.624. The summed E-state index contributed by atoms with van der Waals surface area (Å²) in [4.78, 5) is 37.6. The number of Topliss-reactive ketones (excluding diaryl/α,β-unsaturated/α-hetero) is 1. The van der Waals surface area contributed by atoms with Gasteiger partial charge in [0, 0.05) is 35.5 Å². The molecule has 124 valence electrons. The van der Waals surface area contributed by atoms with Gasteiger partial charge in [0.15, 0.2) is 0 Å². The van der Waals surface area contributed by atoms with Gasteiger partial charge in [-0.05, 0) is 30.5 Å². The summed E-state index contributed by atoms with van der Waals surface area (Å²) in [5.41, 5.74) is 1.29. The lowest BCUT2D eigenvalue weighted by molar-refractivity contribution is -0.145. The summed E-state index contributed by atoms with van der Waals surface area (Å²) in [7, 11) is 1.72. The van der Waals surface area contributed by atoms with Crippen molar-refractivity contribution in [2.24, 2.45) is 0 Å². The van der Waals surface area contributed by atoms with Crippen LogP contribution < -0.4 is 0 Å². The van der Waals surface area contributed by atoms with Crippen molar-refractivity contribution in [1.82, 2.24) is 4.90 Å². The van der Waals surface area contributed by atoms with Gasteiger partial charge < -0.3 is 4.90 Å². The maximum absolute atomic E-state index is 13.0. The Labute approximate surface area is 149 Å². The van der Waals surface area contributed by atoms with Gasteiger partial charge in [-0.25, -0.2) is 0 Å². The van der Waals surface area contributed by atoms with Crippen LogP contribution in [0.25, 0.3) is 0 Å². The van der Waals surface area contributed by atoms with E-state index in [0.717, 1.165) is 22.7 Å². The van der Waals surface area contributed by atoms with Crippen LogP contribution in [0.15, 0.2) is 52.0 Å². The SMILES string of the molecule is CN(C(=O)C1=C(C=O)CCC=C1)C1(c2ccc(Br)cc2)CC(=O)C1. The lowest BCUT2D eigenvalue weighted by Gasteiger charge is -2.48. The van der Waals surface area contributed by atoms with Crippen molar-refractivity contribution in [2.75, 3.05) is 7.05 Å². The fourth-order valence-corrected chi connectivity index (χ4v) is 3.65. The fraction of sp³-hybridized carbons (Fsp3) is 0.316. The molecule has 0 saturated heterocycles. The number of carbonyl (C=O) groups is 3. The molecule has 0 aromatic heterocycles. The largest absolute Gasteiger partial charge is 0.331 e. The Morgan fingerprint density at radius 2 is 1.92 bits per heavy atom. The summed E-state index contributed by atoms with van der Waals surface area (Å²) >= 11 is 3.41. The van der Waals surface area contributed by atoms with Crippen molar-refractivity contribution in [3.63, 3.8) is 0 Å². The number of amides is 1. The van der Waals surface area contributed by atoms with Crippen molar-refractivity contribution in [3.05, 3.63) is 57.6 Å². The first-order valence-corrected chi connectivity index (χ1v) is 8.68. The van der Waals surface area contributed by atoms with Gasteiger partial charge in [-0.1, -0.05) is 40.2 Å². The zero-order valence-corrected chi connectivity index (χ0v) is 15.0. The quantitative estimate of drug-likeness (QED) is 0.744. The predicted molar refractivity (Wildman–Crippen MR) is 94.3 cm³/mol. The van der Waals surface area contributed by atoms with Gasteiger partial charge >= 0.3 is 0 Å². The second-order valence-corrected chi connectivity index (χ2v) is 7.21. The molecule has 2 aliphatic rings. The molecule has 5 heteroatoms. The number of nitrogens with zero attached hydrogens (tertiary/aromatic N) is 1. The molecule has 4 nitrogen and oxygen atoms in total. The minimum Gasteiger partial charge on any atom is -0.331 e. The lowest BCUT2D eigenvalue weighted by atomic mass is 9.69. The smallest absolute Gasteiger partial charge is 0.254 e. The number of halogens is 1.